The van der Waals surface area contributed by atoms with Crippen LogP contribution in [0.3, 0.4) is 0 Å². The molecule has 29 nitrogen and oxygen atoms in total. The summed E-state index contributed by atoms with van der Waals surface area (Å²) in [5.41, 5.74) is 57.6. The van der Waals surface area contributed by atoms with Gasteiger partial charge in [0.05, 0.1) is 74.4 Å². The van der Waals surface area contributed by atoms with E-state index in [2.05, 4.69) is 35.9 Å². The van der Waals surface area contributed by atoms with Crippen LogP contribution in [0.4, 0.5) is 0 Å². The van der Waals surface area contributed by atoms with Crippen molar-refractivity contribution >= 4 is 70.6 Å². The fraction of sp³-hybridized carbons (Fsp3) is 0.410. The Labute approximate surface area is 521 Å². The largest absolute Gasteiger partial charge is 0.496 e. The zero-order valence-electron chi connectivity index (χ0n) is 51.2. The van der Waals surface area contributed by atoms with Crippen molar-refractivity contribution in [2.24, 2.45) is 77.3 Å². The quantitative estimate of drug-likeness (QED) is 0.0153. The zero-order valence-corrected chi connectivity index (χ0v) is 51.2. The summed E-state index contributed by atoms with van der Waals surface area (Å²) in [7, 11) is 4.09. The molecule has 0 spiro atoms. The maximum Gasteiger partial charge on any atom is 0.255 e. The molecule has 0 radical (unpaired) electrons. The van der Waals surface area contributed by atoms with Gasteiger partial charge in [-0.25, -0.2) is 0 Å². The smallest absolute Gasteiger partial charge is 0.255 e. The highest BCUT2D eigenvalue weighted by atomic mass is 16.5. The molecule has 23 N–H and O–H groups in total. The molecule has 29 heteroatoms. The van der Waals surface area contributed by atoms with Crippen LogP contribution in [-0.4, -0.2) is 149 Å². The molecule has 4 amide bonds. The third-order valence-electron chi connectivity index (χ3n) is 13.9. The molecule has 0 fully saturated rings. The fourth-order valence-electron chi connectivity index (χ4n) is 9.43. The number of carbonyl (C=O) groups excluding carboxylic acids is 8. The average molecular weight is 1250 g/mol. The predicted molar refractivity (Wildman–Crippen MR) is 341 cm³/mol. The normalized spacial score (nSPS) is 12.1. The number of rotatable bonds is 40. The summed E-state index contributed by atoms with van der Waals surface area (Å²) in [5.74, 6) is -4.49. The molecule has 4 aromatic carbocycles. The van der Waals surface area contributed by atoms with Gasteiger partial charge >= 0.3 is 0 Å². The first kappa shape index (κ1) is 72.2. The Morgan fingerprint density at radius 1 is 0.400 bits per heavy atom. The molecule has 0 saturated heterocycles. The number of primary amides is 1. The van der Waals surface area contributed by atoms with Crippen LogP contribution in [0.15, 0.2) is 92.8 Å². The van der Waals surface area contributed by atoms with E-state index in [0.717, 1.165) is 0 Å². The molecule has 0 saturated carbocycles. The number of hydrogen-bond donors (Lipinski definition) is 13. The van der Waals surface area contributed by atoms with Gasteiger partial charge in [0.2, 0.25) is 0 Å². The number of methoxy groups -OCH3 is 3. The van der Waals surface area contributed by atoms with E-state index < -0.39 is 65.1 Å². The van der Waals surface area contributed by atoms with Gasteiger partial charge in [-0.2, -0.15) is 0 Å². The summed E-state index contributed by atoms with van der Waals surface area (Å²) in [5, 5.41) is 8.46. The molecule has 4 atom stereocenters. The predicted octanol–water partition coefficient (Wildman–Crippen LogP) is -0.406. The lowest BCUT2D eigenvalue weighted by molar-refractivity contribution is -0.121. The van der Waals surface area contributed by atoms with Gasteiger partial charge in [-0.05, 0) is 129 Å². The van der Waals surface area contributed by atoms with Crippen molar-refractivity contribution in [3.8, 4) is 23.0 Å². The van der Waals surface area contributed by atoms with Crippen molar-refractivity contribution in [3.63, 3.8) is 0 Å². The van der Waals surface area contributed by atoms with E-state index >= 15 is 0 Å². The maximum atomic E-state index is 14.5. The molecule has 0 aliphatic carbocycles. The second-order valence-electron chi connectivity index (χ2n) is 20.8. The first-order valence-electron chi connectivity index (χ1n) is 28.9. The summed E-state index contributed by atoms with van der Waals surface area (Å²) in [6, 6.07) is 14.0. The van der Waals surface area contributed by atoms with Crippen molar-refractivity contribution in [2.45, 2.75) is 108 Å². The number of amides is 4. The van der Waals surface area contributed by atoms with Crippen LogP contribution in [0, 0.1) is 0 Å². The fourth-order valence-corrected chi connectivity index (χ4v) is 9.43. The highest BCUT2D eigenvalue weighted by molar-refractivity contribution is 6.04. The molecule has 0 aliphatic heterocycles. The Bertz CT molecular complexity index is 3300. The van der Waals surface area contributed by atoms with Crippen molar-refractivity contribution in [1.29, 1.82) is 0 Å². The van der Waals surface area contributed by atoms with E-state index in [4.69, 9.17) is 76.3 Å². The van der Waals surface area contributed by atoms with Crippen LogP contribution < -0.4 is 92.2 Å². The molecule has 4 aromatic rings. The SMILES string of the molecule is CCOc1ccc(CC(=O)[C@@H](CCCN=C(N)N)NC(=O)c2cc(CC(=O)[C@H](N)CCCN=C(N)N)ccc2OC)cc1C(=O)N[C@H](CCCN=C(N)N)C(=O)Cc1ccc(OC)c(C(=O)N[C@H](CCCN=C(N)N)C(=O)Cc2ccc(OC)c(C(N)=O)c2)c1. The van der Waals surface area contributed by atoms with Crippen LogP contribution in [0.5, 0.6) is 23.0 Å². The third kappa shape index (κ3) is 23.7. The van der Waals surface area contributed by atoms with Crippen molar-refractivity contribution in [3.05, 3.63) is 117 Å². The van der Waals surface area contributed by atoms with Gasteiger partial charge in [-0.1, -0.05) is 24.3 Å². The zero-order chi connectivity index (χ0) is 66.5. The van der Waals surface area contributed by atoms with Crippen molar-refractivity contribution < 1.29 is 57.3 Å². The molecular formula is C61H85N17O12. The number of hydrogen-bond acceptors (Lipinski definition) is 17. The second-order valence-corrected chi connectivity index (χ2v) is 20.8. The topological polar surface area (TPSA) is 519 Å². The van der Waals surface area contributed by atoms with Gasteiger partial charge in [0.1, 0.15) is 23.0 Å². The molecule has 0 bridgehead atoms. The molecule has 486 valence electrons. The maximum absolute atomic E-state index is 14.5. The molecule has 0 heterocycles. The van der Waals surface area contributed by atoms with Gasteiger partial charge in [-0.15, -0.1) is 0 Å². The molecule has 0 aliphatic rings. The van der Waals surface area contributed by atoms with Crippen molar-refractivity contribution in [2.75, 3.05) is 54.1 Å². The summed E-state index contributed by atoms with van der Waals surface area (Å²) < 4.78 is 22.2. The molecule has 4 rings (SSSR count). The van der Waals surface area contributed by atoms with Crippen LogP contribution in [0.1, 0.15) is 122 Å². The number of benzene rings is 4. The Kier molecular flexibility index (Phi) is 29.5. The lowest BCUT2D eigenvalue weighted by Crippen LogP contribution is -2.42. The number of nitrogens with one attached hydrogen (secondary N) is 3. The van der Waals surface area contributed by atoms with E-state index in [9.17, 15) is 38.4 Å². The van der Waals surface area contributed by atoms with Gasteiger partial charge in [0, 0.05) is 51.9 Å². The number of ether oxygens (including phenoxy) is 4. The van der Waals surface area contributed by atoms with Crippen LogP contribution in [0.25, 0.3) is 0 Å². The van der Waals surface area contributed by atoms with Crippen LogP contribution in [-0.2, 0) is 44.9 Å². The number of carbonyl (C=O) groups is 8. The van der Waals surface area contributed by atoms with Gasteiger partial charge in [0.15, 0.2) is 47.0 Å². The van der Waals surface area contributed by atoms with Crippen LogP contribution >= 0.6 is 0 Å². The molecular weight excluding hydrogens is 1160 g/mol. The number of aliphatic imine (C=N–C) groups is 4. The minimum atomic E-state index is -1.18. The minimum Gasteiger partial charge on any atom is -0.496 e. The number of nitrogens with two attached hydrogens (primary N) is 10. The number of ketones is 4. The number of nitrogens with zero attached hydrogens (tertiary/aromatic N) is 4. The Morgan fingerprint density at radius 2 is 0.678 bits per heavy atom. The van der Waals surface area contributed by atoms with Gasteiger partial charge < -0.3 is 92.2 Å². The lowest BCUT2D eigenvalue weighted by Gasteiger charge is -2.21. The van der Waals surface area contributed by atoms with Gasteiger partial charge in [0.25, 0.3) is 23.6 Å². The van der Waals surface area contributed by atoms with E-state index in [1.54, 1.807) is 31.2 Å². The summed E-state index contributed by atoms with van der Waals surface area (Å²) >= 11 is 0. The van der Waals surface area contributed by atoms with E-state index in [0.29, 0.717) is 41.6 Å². The van der Waals surface area contributed by atoms with E-state index in [-0.39, 0.29) is 165 Å². The van der Waals surface area contributed by atoms with E-state index in [1.807, 2.05) is 0 Å². The number of guanidine groups is 4. The third-order valence-corrected chi connectivity index (χ3v) is 13.9. The first-order valence-corrected chi connectivity index (χ1v) is 28.9. The lowest BCUT2D eigenvalue weighted by atomic mass is 9.96. The highest BCUT2D eigenvalue weighted by Gasteiger charge is 2.29. The summed E-state index contributed by atoms with van der Waals surface area (Å²) in [6.07, 6.45) is 0.887. The Hall–Kier alpha value is -10.3. The standard InChI is InChI=1S/C61H85N17O12/c1-5-90-53-21-17-37(33-49(82)44(12-8-24-74-60(68)69)77-55(84)39-27-35(15-19-51(39)88-3)30-46(79)42(62)10-6-22-72-58(64)65)29-41(53)57(86)78-45(13-9-25-75-61(70)71)48(81)32-36-16-20-52(89-4)40(28-36)56(85)76-43(11-7-23-73-59(66)67)47(80)31-34-14-18-50(87-2)38(26-34)54(63)83/h14-21,26-29,42-45H,5-13,22-25,30-33,62H2,1-4H3,(H2,63,83)(H,76,85)(H,77,84)(H,78,86)(H4,64,65,72)(H4,66,67,73)(H4,68,69,74)(H4,70,71,75)/t42-,43-,44-,45-/m1/s1. The molecule has 0 unspecified atom stereocenters. The van der Waals surface area contributed by atoms with Crippen molar-refractivity contribution in [1.82, 2.24) is 16.0 Å². The van der Waals surface area contributed by atoms with Crippen LogP contribution in [0.2, 0.25) is 0 Å². The van der Waals surface area contributed by atoms with Gasteiger partial charge in [-0.3, -0.25) is 58.3 Å². The Morgan fingerprint density at radius 3 is 0.978 bits per heavy atom. The highest BCUT2D eigenvalue weighted by Crippen LogP contribution is 2.27. The first-order chi connectivity index (χ1) is 42.9. The van der Waals surface area contributed by atoms with E-state index in [1.165, 1.54) is 69.9 Å². The average Bonchev–Trinajstić information content (AvgIpc) is 0.980. The second kappa shape index (κ2) is 36.7. The summed E-state index contributed by atoms with van der Waals surface area (Å²) in [6.45, 7) is 2.53. The number of Topliss-reactive ketones (excluding diaryl/α,β-unsaturated/α-hetero) is 4. The Balaban J connectivity index is 1.62. The molecule has 90 heavy (non-hydrogen) atoms. The monoisotopic (exact) mass is 1250 g/mol. The minimum absolute atomic E-state index is 0.0189. The summed E-state index contributed by atoms with van der Waals surface area (Å²) in [4.78, 5) is 127. The molecule has 0 aromatic heterocycles.